The molecule has 0 radical (unpaired) electrons. The van der Waals surface area contributed by atoms with Gasteiger partial charge in [0.15, 0.2) is 0 Å². The molecule has 0 aliphatic carbocycles. The Morgan fingerprint density at radius 1 is 1.25 bits per heavy atom. The number of aliphatic hydroxyl groups is 1. The van der Waals surface area contributed by atoms with Gasteiger partial charge in [-0.25, -0.2) is 4.39 Å². The van der Waals surface area contributed by atoms with E-state index in [2.05, 4.69) is 0 Å². The minimum absolute atomic E-state index is 0.00966. The Balaban J connectivity index is 2.11. The molecular weight excluding hydrogens is 281 g/mol. The van der Waals surface area contributed by atoms with E-state index in [-0.39, 0.29) is 18.8 Å². The molecule has 0 unspecified atom stereocenters. The average Bonchev–Trinajstić information content (AvgIpc) is 2.46. The first kappa shape index (κ1) is 14.3. The standard InChI is InChI=1S/C15H11ClFNO2/c16-13-5-11(8-19)2-4-15(13)20-9-12-3-1-10(7-18)6-14(12)17/h1-6,19H,8-9H2. The Kier molecular flexibility index (Phi) is 4.57. The van der Waals surface area contributed by atoms with Crippen molar-refractivity contribution in [2.75, 3.05) is 0 Å². The van der Waals surface area contributed by atoms with E-state index in [4.69, 9.17) is 26.7 Å². The van der Waals surface area contributed by atoms with Crippen molar-refractivity contribution in [1.82, 2.24) is 0 Å². The summed E-state index contributed by atoms with van der Waals surface area (Å²) in [5, 5.41) is 18.0. The molecule has 5 heteroatoms. The quantitative estimate of drug-likeness (QED) is 0.939. The van der Waals surface area contributed by atoms with E-state index in [0.717, 1.165) is 6.07 Å². The van der Waals surface area contributed by atoms with Crippen molar-refractivity contribution >= 4 is 11.6 Å². The lowest BCUT2D eigenvalue weighted by molar-refractivity contribution is 0.280. The van der Waals surface area contributed by atoms with Crippen LogP contribution in [0.5, 0.6) is 5.75 Å². The molecule has 0 fully saturated rings. The fraction of sp³-hybridized carbons (Fsp3) is 0.133. The van der Waals surface area contributed by atoms with Gasteiger partial charge in [-0.3, -0.25) is 0 Å². The van der Waals surface area contributed by atoms with Gasteiger partial charge in [-0.05, 0) is 29.8 Å². The topological polar surface area (TPSA) is 53.2 Å². The lowest BCUT2D eigenvalue weighted by atomic mass is 10.1. The second kappa shape index (κ2) is 6.38. The molecule has 0 bridgehead atoms. The summed E-state index contributed by atoms with van der Waals surface area (Å²) in [6, 6.07) is 10.9. The summed E-state index contributed by atoms with van der Waals surface area (Å²) in [5.41, 5.74) is 1.27. The predicted octanol–water partition coefficient (Wildman–Crippen LogP) is 3.42. The molecule has 2 aromatic carbocycles. The molecule has 2 rings (SSSR count). The lowest BCUT2D eigenvalue weighted by Gasteiger charge is -2.09. The molecule has 0 spiro atoms. The van der Waals surface area contributed by atoms with Gasteiger partial charge in [0.2, 0.25) is 0 Å². The molecule has 0 saturated heterocycles. The largest absolute Gasteiger partial charge is 0.487 e. The summed E-state index contributed by atoms with van der Waals surface area (Å²) in [5.74, 6) is -0.0835. The molecule has 0 aromatic heterocycles. The molecule has 1 N–H and O–H groups in total. The third-order valence-corrected chi connectivity index (χ3v) is 3.04. The Bertz CT molecular complexity index is 667. The number of rotatable bonds is 4. The summed E-state index contributed by atoms with van der Waals surface area (Å²) >= 11 is 5.99. The highest BCUT2D eigenvalue weighted by molar-refractivity contribution is 6.32. The van der Waals surface area contributed by atoms with Crippen LogP contribution in [0.4, 0.5) is 4.39 Å². The number of halogens is 2. The summed E-state index contributed by atoms with van der Waals surface area (Å²) in [6.45, 7) is -0.0972. The fourth-order valence-corrected chi connectivity index (χ4v) is 1.91. The highest BCUT2D eigenvalue weighted by atomic mass is 35.5. The third-order valence-electron chi connectivity index (χ3n) is 2.74. The molecule has 0 atom stereocenters. The van der Waals surface area contributed by atoms with Crippen LogP contribution in [0.2, 0.25) is 5.02 Å². The maximum atomic E-state index is 13.7. The average molecular weight is 292 g/mol. The maximum Gasteiger partial charge on any atom is 0.138 e. The van der Waals surface area contributed by atoms with Crippen LogP contribution in [0.1, 0.15) is 16.7 Å². The second-order valence-electron chi connectivity index (χ2n) is 4.13. The molecule has 2 aromatic rings. The highest BCUT2D eigenvalue weighted by Gasteiger charge is 2.07. The van der Waals surface area contributed by atoms with Gasteiger partial charge in [0.25, 0.3) is 0 Å². The number of aliphatic hydroxyl groups excluding tert-OH is 1. The Morgan fingerprint density at radius 2 is 2.05 bits per heavy atom. The van der Waals surface area contributed by atoms with Crippen LogP contribution in [-0.4, -0.2) is 5.11 Å². The minimum Gasteiger partial charge on any atom is -0.487 e. The van der Waals surface area contributed by atoms with E-state index in [1.54, 1.807) is 18.2 Å². The SMILES string of the molecule is N#Cc1ccc(COc2ccc(CO)cc2Cl)c(F)c1. The van der Waals surface area contributed by atoms with E-state index in [1.807, 2.05) is 6.07 Å². The molecule has 3 nitrogen and oxygen atoms in total. The van der Waals surface area contributed by atoms with Crippen molar-refractivity contribution < 1.29 is 14.2 Å². The van der Waals surface area contributed by atoms with Crippen LogP contribution in [-0.2, 0) is 13.2 Å². The van der Waals surface area contributed by atoms with Crippen LogP contribution in [0.3, 0.4) is 0 Å². The fourth-order valence-electron chi connectivity index (χ4n) is 1.65. The number of ether oxygens (including phenoxy) is 1. The maximum absolute atomic E-state index is 13.7. The van der Waals surface area contributed by atoms with E-state index in [1.165, 1.54) is 12.1 Å². The van der Waals surface area contributed by atoms with Crippen molar-refractivity contribution in [3.05, 3.63) is 63.9 Å². The van der Waals surface area contributed by atoms with Gasteiger partial charge in [0, 0.05) is 5.56 Å². The zero-order valence-corrected chi connectivity index (χ0v) is 11.2. The first-order valence-electron chi connectivity index (χ1n) is 5.84. The normalized spacial score (nSPS) is 10.1. The summed E-state index contributed by atoms with van der Waals surface area (Å²) in [4.78, 5) is 0. The number of nitrogens with zero attached hydrogens (tertiary/aromatic N) is 1. The van der Waals surface area contributed by atoms with Crippen molar-refractivity contribution in [3.8, 4) is 11.8 Å². The predicted molar refractivity (Wildman–Crippen MR) is 72.8 cm³/mol. The molecule has 0 saturated carbocycles. The minimum atomic E-state index is -0.493. The van der Waals surface area contributed by atoms with Gasteiger partial charge in [-0.2, -0.15) is 5.26 Å². The molecule has 0 aliphatic heterocycles. The summed E-state index contributed by atoms with van der Waals surface area (Å²) < 4.78 is 19.1. The van der Waals surface area contributed by atoms with E-state index in [0.29, 0.717) is 21.9 Å². The molecular formula is C15H11ClFNO2. The first-order chi connectivity index (χ1) is 9.63. The van der Waals surface area contributed by atoms with Crippen LogP contribution < -0.4 is 4.74 Å². The van der Waals surface area contributed by atoms with Gasteiger partial charge in [-0.1, -0.05) is 23.7 Å². The number of nitriles is 1. The van der Waals surface area contributed by atoms with E-state index < -0.39 is 5.82 Å². The van der Waals surface area contributed by atoms with E-state index >= 15 is 0 Å². The van der Waals surface area contributed by atoms with Gasteiger partial charge < -0.3 is 9.84 Å². The number of hydrogen-bond acceptors (Lipinski definition) is 3. The van der Waals surface area contributed by atoms with E-state index in [9.17, 15) is 4.39 Å². The summed E-state index contributed by atoms with van der Waals surface area (Å²) in [6.07, 6.45) is 0. The molecule has 102 valence electrons. The zero-order chi connectivity index (χ0) is 14.5. The van der Waals surface area contributed by atoms with Crippen molar-refractivity contribution in [3.63, 3.8) is 0 Å². The zero-order valence-electron chi connectivity index (χ0n) is 10.4. The van der Waals surface area contributed by atoms with Gasteiger partial charge in [0.05, 0.1) is 23.3 Å². The molecule has 0 aliphatic rings. The Morgan fingerprint density at radius 3 is 2.65 bits per heavy atom. The molecule has 0 amide bonds. The number of benzene rings is 2. The number of hydrogen-bond donors (Lipinski definition) is 1. The smallest absolute Gasteiger partial charge is 0.138 e. The van der Waals surface area contributed by atoms with Crippen LogP contribution in [0.15, 0.2) is 36.4 Å². The van der Waals surface area contributed by atoms with Gasteiger partial charge in [-0.15, -0.1) is 0 Å². The monoisotopic (exact) mass is 291 g/mol. The molecule has 0 heterocycles. The van der Waals surface area contributed by atoms with Crippen LogP contribution >= 0.6 is 11.6 Å². The Hall–Kier alpha value is -2.09. The van der Waals surface area contributed by atoms with Gasteiger partial charge >= 0.3 is 0 Å². The summed E-state index contributed by atoms with van der Waals surface area (Å²) in [7, 11) is 0. The highest BCUT2D eigenvalue weighted by Crippen LogP contribution is 2.26. The van der Waals surface area contributed by atoms with Crippen molar-refractivity contribution in [1.29, 1.82) is 5.26 Å². The Labute approximate surface area is 120 Å². The lowest BCUT2D eigenvalue weighted by Crippen LogP contribution is -1.99. The molecule has 20 heavy (non-hydrogen) atoms. The third kappa shape index (κ3) is 3.27. The first-order valence-corrected chi connectivity index (χ1v) is 6.22. The van der Waals surface area contributed by atoms with Crippen LogP contribution in [0, 0.1) is 17.1 Å². The van der Waals surface area contributed by atoms with Crippen molar-refractivity contribution in [2.45, 2.75) is 13.2 Å². The van der Waals surface area contributed by atoms with Crippen LogP contribution in [0.25, 0.3) is 0 Å². The van der Waals surface area contributed by atoms with Crippen molar-refractivity contribution in [2.24, 2.45) is 0 Å². The van der Waals surface area contributed by atoms with Gasteiger partial charge in [0.1, 0.15) is 18.2 Å². The second-order valence-corrected chi connectivity index (χ2v) is 4.54.